The minimum absolute atomic E-state index is 0.250. The van der Waals surface area contributed by atoms with E-state index in [1.807, 2.05) is 30.7 Å². The molecule has 1 amide bonds. The van der Waals surface area contributed by atoms with Crippen molar-refractivity contribution < 1.29 is 14.7 Å². The fourth-order valence-electron chi connectivity index (χ4n) is 3.16. The average molecular weight is 328 g/mol. The van der Waals surface area contributed by atoms with Crippen LogP contribution in [0.4, 0.5) is 0 Å². The van der Waals surface area contributed by atoms with Crippen LogP contribution in [0.25, 0.3) is 11.4 Å². The Hall–Kier alpha value is -2.70. The molecule has 2 aliphatic rings. The molecule has 0 radical (unpaired) electrons. The van der Waals surface area contributed by atoms with Crippen LogP contribution in [0.1, 0.15) is 19.3 Å². The van der Waals surface area contributed by atoms with Crippen molar-refractivity contribution in [1.29, 1.82) is 0 Å². The van der Waals surface area contributed by atoms with E-state index < -0.39 is 0 Å². The molecule has 4 rings (SSSR count). The topological polar surface area (TPSA) is 88.3 Å². The van der Waals surface area contributed by atoms with Gasteiger partial charge in [0.2, 0.25) is 5.91 Å². The van der Waals surface area contributed by atoms with E-state index in [0.29, 0.717) is 24.3 Å². The molecule has 3 heterocycles. The first-order chi connectivity index (χ1) is 11.7. The fourth-order valence-corrected chi connectivity index (χ4v) is 3.16. The van der Waals surface area contributed by atoms with Gasteiger partial charge in [0.25, 0.3) is 6.47 Å². The predicted octanol–water partition coefficient (Wildman–Crippen LogP) is 1.66. The SMILES string of the molecule is O=C1CC(Cn2ccnc2-c2cccnc2)CN1C1CC1.O=CO. The molecule has 1 saturated heterocycles. The van der Waals surface area contributed by atoms with Gasteiger partial charge in [-0.25, -0.2) is 4.98 Å². The number of imidazole rings is 1. The van der Waals surface area contributed by atoms with Crippen molar-refractivity contribution in [1.82, 2.24) is 19.4 Å². The molecule has 2 fully saturated rings. The number of carboxylic acid groups (broad SMARTS) is 1. The maximum absolute atomic E-state index is 12.0. The summed E-state index contributed by atoms with van der Waals surface area (Å²) in [6, 6.07) is 4.47. The zero-order chi connectivity index (χ0) is 16.9. The Kier molecular flexibility index (Phi) is 4.88. The summed E-state index contributed by atoms with van der Waals surface area (Å²) in [4.78, 5) is 31.1. The Balaban J connectivity index is 0.000000526. The number of pyridine rings is 1. The van der Waals surface area contributed by atoms with E-state index >= 15 is 0 Å². The zero-order valence-electron chi connectivity index (χ0n) is 13.3. The van der Waals surface area contributed by atoms with Gasteiger partial charge in [0.1, 0.15) is 5.82 Å². The van der Waals surface area contributed by atoms with Crippen molar-refractivity contribution in [3.8, 4) is 11.4 Å². The summed E-state index contributed by atoms with van der Waals surface area (Å²) in [5, 5.41) is 6.89. The lowest BCUT2D eigenvalue weighted by molar-refractivity contribution is -0.128. The summed E-state index contributed by atoms with van der Waals surface area (Å²) in [6.45, 7) is 1.49. The van der Waals surface area contributed by atoms with Crippen LogP contribution in [0.15, 0.2) is 36.9 Å². The van der Waals surface area contributed by atoms with Gasteiger partial charge >= 0.3 is 0 Å². The number of carbonyl (C=O) groups is 2. The summed E-state index contributed by atoms with van der Waals surface area (Å²) in [5.41, 5.74) is 1.02. The molecule has 2 aromatic rings. The van der Waals surface area contributed by atoms with Gasteiger partial charge in [-0.3, -0.25) is 14.6 Å². The third-order valence-corrected chi connectivity index (χ3v) is 4.32. The summed E-state index contributed by atoms with van der Waals surface area (Å²) >= 11 is 0. The second-order valence-electron chi connectivity index (χ2n) is 6.10. The Bertz CT molecular complexity index is 697. The van der Waals surface area contributed by atoms with Crippen molar-refractivity contribution in [2.75, 3.05) is 6.54 Å². The van der Waals surface area contributed by atoms with Crippen molar-refractivity contribution in [3.05, 3.63) is 36.9 Å². The fraction of sp³-hybridized carbons (Fsp3) is 0.412. The Morgan fingerprint density at radius 2 is 2.12 bits per heavy atom. The predicted molar refractivity (Wildman–Crippen MR) is 87.0 cm³/mol. The number of carbonyl (C=O) groups excluding carboxylic acids is 1. The molecule has 7 nitrogen and oxygen atoms in total. The van der Waals surface area contributed by atoms with E-state index in [2.05, 4.69) is 19.4 Å². The molecule has 7 heteroatoms. The number of nitrogens with zero attached hydrogens (tertiary/aromatic N) is 4. The number of hydrogen-bond acceptors (Lipinski definition) is 4. The van der Waals surface area contributed by atoms with Gasteiger partial charge in [0, 0.05) is 61.8 Å². The summed E-state index contributed by atoms with van der Waals surface area (Å²) in [5.74, 6) is 1.65. The highest BCUT2D eigenvalue weighted by molar-refractivity contribution is 5.79. The summed E-state index contributed by atoms with van der Waals surface area (Å²) in [6.07, 6.45) is 10.4. The summed E-state index contributed by atoms with van der Waals surface area (Å²) in [7, 11) is 0. The molecule has 0 aromatic carbocycles. The number of aromatic nitrogens is 3. The molecule has 24 heavy (non-hydrogen) atoms. The molecule has 1 saturated carbocycles. The van der Waals surface area contributed by atoms with Gasteiger partial charge < -0.3 is 14.6 Å². The number of hydrogen-bond donors (Lipinski definition) is 1. The zero-order valence-corrected chi connectivity index (χ0v) is 13.3. The van der Waals surface area contributed by atoms with Crippen molar-refractivity contribution in [2.45, 2.75) is 31.8 Å². The van der Waals surface area contributed by atoms with Crippen LogP contribution in [0.2, 0.25) is 0 Å². The van der Waals surface area contributed by atoms with Crippen LogP contribution < -0.4 is 0 Å². The normalized spacial score (nSPS) is 19.8. The average Bonchev–Trinajstić information content (AvgIpc) is 3.22. The van der Waals surface area contributed by atoms with Gasteiger partial charge in [-0.15, -0.1) is 0 Å². The van der Waals surface area contributed by atoms with E-state index in [4.69, 9.17) is 9.90 Å². The molecule has 2 aromatic heterocycles. The monoisotopic (exact) mass is 328 g/mol. The van der Waals surface area contributed by atoms with Crippen LogP contribution in [0, 0.1) is 5.92 Å². The minimum atomic E-state index is -0.250. The van der Waals surface area contributed by atoms with Crippen LogP contribution in [-0.4, -0.2) is 49.5 Å². The first-order valence-corrected chi connectivity index (χ1v) is 8.01. The third kappa shape index (κ3) is 3.61. The number of amides is 1. The van der Waals surface area contributed by atoms with Gasteiger partial charge in [0.05, 0.1) is 0 Å². The Morgan fingerprint density at radius 3 is 2.79 bits per heavy atom. The molecule has 1 atom stereocenters. The van der Waals surface area contributed by atoms with E-state index in [9.17, 15) is 4.79 Å². The van der Waals surface area contributed by atoms with E-state index in [0.717, 1.165) is 24.5 Å². The first kappa shape index (κ1) is 16.2. The highest BCUT2D eigenvalue weighted by atomic mass is 16.3. The molecule has 1 aliphatic heterocycles. The lowest BCUT2D eigenvalue weighted by Gasteiger charge is -2.16. The summed E-state index contributed by atoms with van der Waals surface area (Å²) < 4.78 is 2.14. The minimum Gasteiger partial charge on any atom is -0.483 e. The molecule has 126 valence electrons. The quantitative estimate of drug-likeness (QED) is 0.862. The van der Waals surface area contributed by atoms with Crippen molar-refractivity contribution >= 4 is 12.4 Å². The van der Waals surface area contributed by atoms with Gasteiger partial charge in [-0.2, -0.15) is 0 Å². The Labute approximate surface area is 140 Å². The second-order valence-corrected chi connectivity index (χ2v) is 6.10. The van der Waals surface area contributed by atoms with Crippen molar-refractivity contribution in [2.24, 2.45) is 5.92 Å². The maximum Gasteiger partial charge on any atom is 0.290 e. The Morgan fingerprint density at radius 1 is 1.33 bits per heavy atom. The van der Waals surface area contributed by atoms with E-state index in [1.165, 1.54) is 12.8 Å². The highest BCUT2D eigenvalue weighted by Crippen LogP contribution is 2.33. The van der Waals surface area contributed by atoms with Gasteiger partial charge in [-0.05, 0) is 25.0 Å². The van der Waals surface area contributed by atoms with Crippen LogP contribution in [-0.2, 0) is 16.1 Å². The second kappa shape index (κ2) is 7.25. The largest absolute Gasteiger partial charge is 0.483 e. The molecule has 1 unspecified atom stereocenters. The lowest BCUT2D eigenvalue weighted by atomic mass is 10.1. The smallest absolute Gasteiger partial charge is 0.290 e. The molecular weight excluding hydrogens is 308 g/mol. The van der Waals surface area contributed by atoms with Crippen LogP contribution in [0.5, 0.6) is 0 Å². The third-order valence-electron chi connectivity index (χ3n) is 4.32. The highest BCUT2D eigenvalue weighted by Gasteiger charge is 2.39. The van der Waals surface area contributed by atoms with E-state index in [1.54, 1.807) is 6.20 Å². The number of rotatable bonds is 4. The van der Waals surface area contributed by atoms with Crippen molar-refractivity contribution in [3.63, 3.8) is 0 Å². The number of likely N-dealkylation sites (tertiary alicyclic amines) is 1. The lowest BCUT2D eigenvalue weighted by Crippen LogP contribution is -2.27. The van der Waals surface area contributed by atoms with Gasteiger partial charge in [-0.1, -0.05) is 0 Å². The van der Waals surface area contributed by atoms with Gasteiger partial charge in [0.15, 0.2) is 0 Å². The molecular formula is C17H20N4O3. The van der Waals surface area contributed by atoms with Crippen LogP contribution >= 0.6 is 0 Å². The van der Waals surface area contributed by atoms with E-state index in [-0.39, 0.29) is 6.47 Å². The standard InChI is InChI=1S/C16H18N4O.CH2O2/c21-15-8-12(11-20(15)14-3-4-14)10-19-7-6-18-16(19)13-2-1-5-17-9-13;2-1-3/h1-2,5-7,9,12,14H,3-4,8,10-11H2;1H,(H,2,3). The van der Waals surface area contributed by atoms with Crippen LogP contribution in [0.3, 0.4) is 0 Å². The first-order valence-electron chi connectivity index (χ1n) is 8.01. The molecule has 1 aliphatic carbocycles. The molecule has 0 bridgehead atoms. The molecule has 1 N–H and O–H groups in total. The molecule has 0 spiro atoms. The maximum atomic E-state index is 12.0.